The summed E-state index contributed by atoms with van der Waals surface area (Å²) in [6.07, 6.45) is 6.43. The maximum absolute atomic E-state index is 12.0. The van der Waals surface area contributed by atoms with Crippen molar-refractivity contribution in [2.45, 2.75) is 25.7 Å². The quantitative estimate of drug-likeness (QED) is 0.450. The molecule has 0 aliphatic rings. The van der Waals surface area contributed by atoms with E-state index in [0.29, 0.717) is 12.2 Å². The molecule has 0 aromatic heterocycles. The van der Waals surface area contributed by atoms with E-state index in [1.54, 1.807) is 31.4 Å². The first-order chi connectivity index (χ1) is 12.5. The Labute approximate surface area is 162 Å². The lowest BCUT2D eigenvalue weighted by Crippen LogP contribution is -1.94. The summed E-state index contributed by atoms with van der Waals surface area (Å²) in [6, 6.07) is 11.1. The van der Waals surface area contributed by atoms with E-state index >= 15 is 0 Å². The third-order valence-electron chi connectivity index (χ3n) is 4.02. The average molecular weight is 419 g/mol. The standard InChI is InChI=1S/C21H23BrO4/c1-25-20-12-9-15(13-19(20)24)5-3-4-6-17(23)10-7-16-8-11-18(22)21(14-16)26-2/h7-14,24H,3-6H2,1-2H3/b10-7+. The van der Waals surface area contributed by atoms with Crippen molar-refractivity contribution in [1.29, 1.82) is 0 Å². The van der Waals surface area contributed by atoms with Crippen molar-refractivity contribution >= 4 is 27.8 Å². The largest absolute Gasteiger partial charge is 0.504 e. The summed E-state index contributed by atoms with van der Waals surface area (Å²) < 4.78 is 11.2. The van der Waals surface area contributed by atoms with Crippen LogP contribution in [0.15, 0.2) is 46.9 Å². The summed E-state index contributed by atoms with van der Waals surface area (Å²) in [5, 5.41) is 9.77. The van der Waals surface area contributed by atoms with Crippen molar-refractivity contribution in [1.82, 2.24) is 0 Å². The molecular weight excluding hydrogens is 396 g/mol. The molecule has 26 heavy (non-hydrogen) atoms. The molecule has 0 radical (unpaired) electrons. The van der Waals surface area contributed by atoms with Gasteiger partial charge in [-0.3, -0.25) is 4.79 Å². The van der Waals surface area contributed by atoms with Gasteiger partial charge in [0.25, 0.3) is 0 Å². The number of halogens is 1. The summed E-state index contributed by atoms with van der Waals surface area (Å²) in [4.78, 5) is 12.0. The molecule has 0 spiro atoms. The first-order valence-electron chi connectivity index (χ1n) is 8.44. The summed E-state index contributed by atoms with van der Waals surface area (Å²) >= 11 is 3.41. The Kier molecular flexibility index (Phi) is 7.73. The second-order valence-corrected chi connectivity index (χ2v) is 6.76. The first-order valence-corrected chi connectivity index (χ1v) is 9.23. The van der Waals surface area contributed by atoms with Crippen molar-refractivity contribution in [2.75, 3.05) is 14.2 Å². The normalized spacial score (nSPS) is 10.9. The van der Waals surface area contributed by atoms with Crippen LogP contribution in [0.3, 0.4) is 0 Å². The number of hydrogen-bond donors (Lipinski definition) is 1. The topological polar surface area (TPSA) is 55.8 Å². The summed E-state index contributed by atoms with van der Waals surface area (Å²) in [5.74, 6) is 1.46. The predicted octanol–water partition coefficient (Wildman–Crippen LogP) is 5.17. The fourth-order valence-corrected chi connectivity index (χ4v) is 2.98. The minimum atomic E-state index is 0.101. The molecule has 2 rings (SSSR count). The number of benzene rings is 2. The van der Waals surface area contributed by atoms with E-state index in [0.717, 1.165) is 40.6 Å². The molecule has 1 N–H and O–H groups in total. The molecule has 0 saturated carbocycles. The number of hydrogen-bond acceptors (Lipinski definition) is 4. The highest BCUT2D eigenvalue weighted by Gasteiger charge is 2.04. The van der Waals surface area contributed by atoms with E-state index < -0.39 is 0 Å². The highest BCUT2D eigenvalue weighted by atomic mass is 79.9. The lowest BCUT2D eigenvalue weighted by Gasteiger charge is -2.06. The third-order valence-corrected chi connectivity index (χ3v) is 4.67. The molecule has 0 aliphatic carbocycles. The van der Waals surface area contributed by atoms with E-state index in [9.17, 15) is 9.90 Å². The Bertz CT molecular complexity index is 784. The number of rotatable bonds is 9. The molecule has 0 atom stereocenters. The van der Waals surface area contributed by atoms with Crippen LogP contribution in [0.4, 0.5) is 0 Å². The SMILES string of the molecule is COc1ccc(CCCCC(=O)/C=C/c2ccc(Br)c(OC)c2)cc1O. The van der Waals surface area contributed by atoms with Gasteiger partial charge >= 0.3 is 0 Å². The van der Waals surface area contributed by atoms with E-state index in [2.05, 4.69) is 15.9 Å². The Morgan fingerprint density at radius 3 is 2.54 bits per heavy atom. The van der Waals surface area contributed by atoms with Crippen molar-refractivity contribution in [2.24, 2.45) is 0 Å². The van der Waals surface area contributed by atoms with Crippen LogP contribution >= 0.6 is 15.9 Å². The van der Waals surface area contributed by atoms with Crippen LogP contribution in [0.1, 0.15) is 30.4 Å². The zero-order valence-corrected chi connectivity index (χ0v) is 16.6. The molecule has 0 aliphatic heterocycles. The number of ether oxygens (including phenoxy) is 2. The maximum Gasteiger partial charge on any atom is 0.160 e. The van der Waals surface area contributed by atoms with Crippen molar-refractivity contribution in [3.63, 3.8) is 0 Å². The fourth-order valence-electron chi connectivity index (χ4n) is 2.57. The van der Waals surface area contributed by atoms with Gasteiger partial charge in [0, 0.05) is 6.42 Å². The number of unbranched alkanes of at least 4 members (excludes halogenated alkanes) is 1. The monoisotopic (exact) mass is 418 g/mol. The van der Waals surface area contributed by atoms with Gasteiger partial charge in [-0.15, -0.1) is 0 Å². The zero-order valence-electron chi connectivity index (χ0n) is 15.0. The molecule has 0 amide bonds. The zero-order chi connectivity index (χ0) is 18.9. The van der Waals surface area contributed by atoms with Crippen molar-refractivity contribution in [3.8, 4) is 17.2 Å². The van der Waals surface area contributed by atoms with Crippen LogP contribution in [0, 0.1) is 0 Å². The van der Waals surface area contributed by atoms with Gasteiger partial charge in [0.2, 0.25) is 0 Å². The molecule has 2 aromatic rings. The lowest BCUT2D eigenvalue weighted by atomic mass is 10.0. The van der Waals surface area contributed by atoms with Gasteiger partial charge in [-0.25, -0.2) is 0 Å². The van der Waals surface area contributed by atoms with E-state index in [-0.39, 0.29) is 11.5 Å². The second kappa shape index (κ2) is 10.0. The Hall–Kier alpha value is -2.27. The van der Waals surface area contributed by atoms with Gasteiger partial charge in [-0.2, -0.15) is 0 Å². The Balaban J connectivity index is 1.77. The van der Waals surface area contributed by atoms with Gasteiger partial charge in [0.05, 0.1) is 18.7 Å². The van der Waals surface area contributed by atoms with E-state index in [1.165, 1.54) is 7.11 Å². The van der Waals surface area contributed by atoms with E-state index in [4.69, 9.17) is 9.47 Å². The lowest BCUT2D eigenvalue weighted by molar-refractivity contribution is -0.114. The molecule has 4 nitrogen and oxygen atoms in total. The van der Waals surface area contributed by atoms with Gasteiger partial charge in [-0.05, 0) is 76.7 Å². The molecule has 0 fully saturated rings. The summed E-state index contributed by atoms with van der Waals surface area (Å²) in [7, 11) is 3.14. The molecule has 0 bridgehead atoms. The predicted molar refractivity (Wildman–Crippen MR) is 107 cm³/mol. The molecule has 0 unspecified atom stereocenters. The number of ketones is 1. The first kappa shape index (κ1) is 20.0. The number of aromatic hydroxyl groups is 1. The van der Waals surface area contributed by atoms with Crippen molar-refractivity contribution < 1.29 is 19.4 Å². The smallest absolute Gasteiger partial charge is 0.160 e. The van der Waals surface area contributed by atoms with Crippen molar-refractivity contribution in [3.05, 3.63) is 58.1 Å². The summed E-state index contributed by atoms with van der Waals surface area (Å²) in [5.41, 5.74) is 1.96. The number of phenolic OH excluding ortho intramolecular Hbond substituents is 1. The number of phenols is 1. The number of methoxy groups -OCH3 is 2. The van der Waals surface area contributed by atoms with Gasteiger partial charge < -0.3 is 14.6 Å². The van der Waals surface area contributed by atoms with Crippen LogP contribution in [0.5, 0.6) is 17.2 Å². The molecule has 2 aromatic carbocycles. The van der Waals surface area contributed by atoms with Crippen LogP contribution < -0.4 is 9.47 Å². The van der Waals surface area contributed by atoms with Gasteiger partial charge in [0.15, 0.2) is 17.3 Å². The Morgan fingerprint density at radius 1 is 1.08 bits per heavy atom. The van der Waals surface area contributed by atoms with E-state index in [1.807, 2.05) is 24.3 Å². The summed E-state index contributed by atoms with van der Waals surface area (Å²) in [6.45, 7) is 0. The highest BCUT2D eigenvalue weighted by Crippen LogP contribution is 2.27. The molecule has 138 valence electrons. The molecule has 0 heterocycles. The van der Waals surface area contributed by atoms with Crippen LogP contribution in [-0.2, 0) is 11.2 Å². The van der Waals surface area contributed by atoms with Crippen LogP contribution in [0.25, 0.3) is 6.08 Å². The minimum Gasteiger partial charge on any atom is -0.504 e. The number of carbonyl (C=O) groups excluding carboxylic acids is 1. The van der Waals surface area contributed by atoms with Gasteiger partial charge in [0.1, 0.15) is 5.75 Å². The fraction of sp³-hybridized carbons (Fsp3) is 0.286. The molecule has 0 saturated heterocycles. The van der Waals surface area contributed by atoms with Crippen LogP contribution in [-0.4, -0.2) is 25.1 Å². The highest BCUT2D eigenvalue weighted by molar-refractivity contribution is 9.10. The average Bonchev–Trinajstić information content (AvgIpc) is 2.64. The Morgan fingerprint density at radius 2 is 1.85 bits per heavy atom. The number of carbonyl (C=O) groups is 1. The van der Waals surface area contributed by atoms with Crippen LogP contribution in [0.2, 0.25) is 0 Å². The molecule has 5 heteroatoms. The number of allylic oxidation sites excluding steroid dienone is 1. The maximum atomic E-state index is 12.0. The van der Waals surface area contributed by atoms with Gasteiger partial charge in [-0.1, -0.05) is 18.2 Å². The second-order valence-electron chi connectivity index (χ2n) is 5.91. The molecular formula is C21H23BrO4. The third kappa shape index (κ3) is 5.92. The minimum absolute atomic E-state index is 0.101. The number of aryl methyl sites for hydroxylation is 1.